The van der Waals surface area contributed by atoms with Gasteiger partial charge in [-0.1, -0.05) is 29.8 Å². The summed E-state index contributed by atoms with van der Waals surface area (Å²) >= 11 is 2.59. The third kappa shape index (κ3) is 5.03. The Balaban J connectivity index is 1.47. The van der Waals surface area contributed by atoms with E-state index in [1.165, 1.54) is 46.6 Å². The lowest BCUT2D eigenvalue weighted by molar-refractivity contribution is 0.601. The molecule has 0 fully saturated rings. The van der Waals surface area contributed by atoms with E-state index in [1.54, 1.807) is 23.7 Å². The van der Waals surface area contributed by atoms with E-state index in [0.29, 0.717) is 21.4 Å². The molecule has 0 amide bonds. The zero-order valence-electron chi connectivity index (χ0n) is 16.8. The first-order valence-electron chi connectivity index (χ1n) is 9.37. The molecular formula is C22H17N5O2S3. The highest BCUT2D eigenvalue weighted by molar-refractivity contribution is 7.93. The summed E-state index contributed by atoms with van der Waals surface area (Å²) in [5.41, 5.74) is 4.00. The molecule has 0 saturated heterocycles. The first-order valence-corrected chi connectivity index (χ1v) is 12.6. The summed E-state index contributed by atoms with van der Waals surface area (Å²) in [6, 6.07) is 16.4. The topological polar surface area (TPSA) is 108 Å². The van der Waals surface area contributed by atoms with E-state index in [0.717, 1.165) is 11.3 Å². The maximum absolute atomic E-state index is 12.4. The van der Waals surface area contributed by atoms with Gasteiger partial charge in [0.15, 0.2) is 5.13 Å². The average molecular weight is 480 g/mol. The highest BCUT2D eigenvalue weighted by Crippen LogP contribution is 2.26. The number of nitrogens with one attached hydrogen (secondary N) is 2. The first kappa shape index (κ1) is 21.7. The van der Waals surface area contributed by atoms with Crippen LogP contribution in [0, 0.1) is 18.3 Å². The van der Waals surface area contributed by atoms with E-state index in [4.69, 9.17) is 0 Å². The van der Waals surface area contributed by atoms with Crippen molar-refractivity contribution in [2.45, 2.75) is 11.8 Å². The number of thiazole rings is 2. The van der Waals surface area contributed by atoms with Gasteiger partial charge >= 0.3 is 0 Å². The number of benzene rings is 2. The number of hydrogen-bond acceptors (Lipinski definition) is 8. The average Bonchev–Trinajstić information content (AvgIpc) is 3.47. The quantitative estimate of drug-likeness (QED) is 0.346. The third-order valence-corrected chi connectivity index (χ3v) is 7.45. The van der Waals surface area contributed by atoms with E-state index in [2.05, 4.69) is 26.1 Å². The molecule has 0 aliphatic heterocycles. The fraction of sp³-hybridized carbons (Fsp3) is 0.0455. The minimum absolute atomic E-state index is 0.116. The van der Waals surface area contributed by atoms with Gasteiger partial charge in [0.05, 0.1) is 10.6 Å². The van der Waals surface area contributed by atoms with Gasteiger partial charge in [0.2, 0.25) is 0 Å². The largest absolute Gasteiger partial charge is 0.360 e. The van der Waals surface area contributed by atoms with Crippen molar-refractivity contribution >= 4 is 49.1 Å². The first-order chi connectivity index (χ1) is 15.4. The molecule has 4 rings (SSSR count). The van der Waals surface area contributed by atoms with Gasteiger partial charge in [0.25, 0.3) is 10.0 Å². The monoisotopic (exact) mass is 479 g/mol. The van der Waals surface area contributed by atoms with Crippen LogP contribution < -0.4 is 10.0 Å². The Morgan fingerprint density at radius 2 is 1.84 bits per heavy atom. The SMILES string of the molecule is Cc1ccc(-c2csc(/C(C#N)=C\Nc3ccc(S(=O)(=O)Nc4nccs4)cc3)n2)cc1. The summed E-state index contributed by atoms with van der Waals surface area (Å²) in [7, 11) is -3.71. The van der Waals surface area contributed by atoms with Crippen LogP contribution in [0.15, 0.2) is 76.6 Å². The number of rotatable bonds is 7. The van der Waals surface area contributed by atoms with Gasteiger partial charge < -0.3 is 5.32 Å². The van der Waals surface area contributed by atoms with Gasteiger partial charge in [-0.3, -0.25) is 4.72 Å². The summed E-state index contributed by atoms with van der Waals surface area (Å²) in [6.07, 6.45) is 3.09. The third-order valence-electron chi connectivity index (χ3n) is 4.40. The number of hydrogen-bond donors (Lipinski definition) is 2. The Hall–Kier alpha value is -3.52. The zero-order chi connectivity index (χ0) is 22.6. The van der Waals surface area contributed by atoms with Crippen molar-refractivity contribution in [3.05, 3.63) is 82.3 Å². The van der Waals surface area contributed by atoms with Crippen LogP contribution in [0.1, 0.15) is 10.6 Å². The Kier molecular flexibility index (Phi) is 6.32. The van der Waals surface area contributed by atoms with E-state index < -0.39 is 10.0 Å². The predicted molar refractivity (Wildman–Crippen MR) is 129 cm³/mol. The molecule has 2 heterocycles. The Labute approximate surface area is 193 Å². The Morgan fingerprint density at radius 1 is 1.09 bits per heavy atom. The molecule has 0 unspecified atom stereocenters. The Morgan fingerprint density at radius 3 is 2.50 bits per heavy atom. The molecule has 0 aliphatic rings. The highest BCUT2D eigenvalue weighted by atomic mass is 32.2. The number of nitrogens with zero attached hydrogens (tertiary/aromatic N) is 3. The summed E-state index contributed by atoms with van der Waals surface area (Å²) in [5, 5.41) is 17.1. The second-order valence-corrected chi connectivity index (χ2v) is 10.1. The summed E-state index contributed by atoms with van der Waals surface area (Å²) in [6.45, 7) is 2.03. The molecular weight excluding hydrogens is 462 g/mol. The molecule has 7 nitrogen and oxygen atoms in total. The van der Waals surface area contributed by atoms with Gasteiger partial charge in [0, 0.05) is 34.4 Å². The fourth-order valence-electron chi connectivity index (χ4n) is 2.73. The van der Waals surface area contributed by atoms with E-state index >= 15 is 0 Å². The van der Waals surface area contributed by atoms with Crippen molar-refractivity contribution in [1.29, 1.82) is 5.26 Å². The van der Waals surface area contributed by atoms with E-state index in [1.807, 2.05) is 36.6 Å². The molecule has 0 radical (unpaired) electrons. The van der Waals surface area contributed by atoms with Crippen LogP contribution in [0.3, 0.4) is 0 Å². The summed E-state index contributed by atoms with van der Waals surface area (Å²) < 4.78 is 27.3. The number of aromatic nitrogens is 2. The molecule has 0 bridgehead atoms. The van der Waals surface area contributed by atoms with Crippen LogP contribution in [0.2, 0.25) is 0 Å². The number of nitriles is 1. The van der Waals surface area contributed by atoms with Crippen LogP contribution in [0.4, 0.5) is 10.8 Å². The van der Waals surface area contributed by atoms with Crippen LogP contribution in [-0.4, -0.2) is 18.4 Å². The van der Waals surface area contributed by atoms with Gasteiger partial charge in [-0.15, -0.1) is 22.7 Å². The normalized spacial score (nSPS) is 11.7. The molecule has 0 aliphatic carbocycles. The molecule has 2 aromatic heterocycles. The Bertz CT molecular complexity index is 1380. The molecule has 0 spiro atoms. The number of sulfonamides is 1. The second kappa shape index (κ2) is 9.32. The van der Waals surface area contributed by atoms with Gasteiger partial charge in [0.1, 0.15) is 16.6 Å². The fourth-order valence-corrected chi connectivity index (χ4v) is 5.31. The number of allylic oxidation sites excluding steroid dienone is 1. The van der Waals surface area contributed by atoms with Gasteiger partial charge in [-0.05, 0) is 31.2 Å². The number of anilines is 2. The van der Waals surface area contributed by atoms with Crippen LogP contribution in [0.25, 0.3) is 16.8 Å². The molecule has 2 N–H and O–H groups in total. The minimum atomic E-state index is -3.71. The number of aryl methyl sites for hydroxylation is 1. The molecule has 32 heavy (non-hydrogen) atoms. The van der Waals surface area contributed by atoms with E-state index in [-0.39, 0.29) is 4.90 Å². The van der Waals surface area contributed by atoms with Crippen LogP contribution >= 0.6 is 22.7 Å². The lowest BCUT2D eigenvalue weighted by atomic mass is 10.1. The zero-order valence-corrected chi connectivity index (χ0v) is 19.3. The van der Waals surface area contributed by atoms with E-state index in [9.17, 15) is 13.7 Å². The lowest BCUT2D eigenvalue weighted by Gasteiger charge is -2.06. The van der Waals surface area contributed by atoms with Crippen molar-refractivity contribution in [1.82, 2.24) is 9.97 Å². The van der Waals surface area contributed by atoms with Crippen LogP contribution in [-0.2, 0) is 10.0 Å². The minimum Gasteiger partial charge on any atom is -0.360 e. The van der Waals surface area contributed by atoms with Crippen LogP contribution in [0.5, 0.6) is 0 Å². The van der Waals surface area contributed by atoms with Crippen molar-refractivity contribution in [3.8, 4) is 17.3 Å². The van der Waals surface area contributed by atoms with Crippen molar-refractivity contribution in [2.75, 3.05) is 10.0 Å². The molecule has 2 aromatic carbocycles. The lowest BCUT2D eigenvalue weighted by Crippen LogP contribution is -2.12. The molecule has 4 aromatic rings. The maximum atomic E-state index is 12.4. The van der Waals surface area contributed by atoms with Crippen molar-refractivity contribution in [2.24, 2.45) is 0 Å². The summed E-state index contributed by atoms with van der Waals surface area (Å²) in [5.74, 6) is 0. The predicted octanol–water partition coefficient (Wildman–Crippen LogP) is 5.35. The molecule has 0 atom stereocenters. The highest BCUT2D eigenvalue weighted by Gasteiger charge is 2.15. The van der Waals surface area contributed by atoms with Gasteiger partial charge in [-0.25, -0.2) is 18.4 Å². The maximum Gasteiger partial charge on any atom is 0.263 e. The van der Waals surface area contributed by atoms with Crippen molar-refractivity contribution in [3.63, 3.8) is 0 Å². The van der Waals surface area contributed by atoms with Gasteiger partial charge in [-0.2, -0.15) is 5.26 Å². The molecule has 10 heteroatoms. The molecule has 160 valence electrons. The smallest absolute Gasteiger partial charge is 0.263 e. The van der Waals surface area contributed by atoms with Crippen molar-refractivity contribution < 1.29 is 8.42 Å². The molecule has 0 saturated carbocycles. The standard InChI is InChI=1S/C22H17N5O2S3/c1-15-2-4-16(5-3-15)20-14-31-21(26-20)17(12-23)13-25-18-6-8-19(9-7-18)32(28,29)27-22-24-10-11-30-22/h2-11,13-14,25H,1H3,(H,24,27)/b17-13-. The second-order valence-electron chi connectivity index (χ2n) is 6.69. The summed E-state index contributed by atoms with van der Waals surface area (Å²) in [4.78, 5) is 8.62.